The molecule has 9 nitrogen and oxygen atoms in total. The summed E-state index contributed by atoms with van der Waals surface area (Å²) in [5.74, 6) is 7.11. The van der Waals surface area contributed by atoms with Crippen molar-refractivity contribution in [3.8, 4) is 28.3 Å². The summed E-state index contributed by atoms with van der Waals surface area (Å²) >= 11 is 6.51. The van der Waals surface area contributed by atoms with Crippen LogP contribution in [0.4, 0.5) is 5.69 Å². The number of H-pyrrole nitrogens is 1. The van der Waals surface area contributed by atoms with Crippen LogP contribution in [0.25, 0.3) is 33.7 Å². The van der Waals surface area contributed by atoms with Gasteiger partial charge in [0, 0.05) is 23.9 Å². The molecule has 0 atom stereocenters. The number of anilines is 1. The fourth-order valence-electron chi connectivity index (χ4n) is 4.89. The van der Waals surface area contributed by atoms with E-state index in [9.17, 15) is 4.79 Å². The summed E-state index contributed by atoms with van der Waals surface area (Å²) < 4.78 is 11.1. The number of halogens is 1. The van der Waals surface area contributed by atoms with Crippen LogP contribution in [0.3, 0.4) is 0 Å². The van der Waals surface area contributed by atoms with E-state index in [1.54, 1.807) is 36.5 Å². The quantitative estimate of drug-likeness (QED) is 0.138. The van der Waals surface area contributed by atoms with Crippen molar-refractivity contribution in [2.75, 3.05) is 31.3 Å². The standard InChI is InChI=1S/C30H29ClN6O3/c31-25-11-8-22(37(32)30(38)27-5-4-15-40-27)18-24(25)28-34-26-17-21(19-33-29(26)35-28)20-6-9-23(10-7-20)39-16-14-36-12-2-1-3-13-36/h4-11,15,17-19H,1-3,12-14,16,32H2,(H,33,34,35). The number of benzene rings is 2. The Bertz CT molecular complexity index is 1610. The molecule has 1 saturated heterocycles. The van der Waals surface area contributed by atoms with Crippen molar-refractivity contribution >= 4 is 34.4 Å². The summed E-state index contributed by atoms with van der Waals surface area (Å²) in [4.78, 5) is 27.6. The van der Waals surface area contributed by atoms with Gasteiger partial charge in [-0.15, -0.1) is 0 Å². The number of fused-ring (bicyclic) bond motifs is 1. The Morgan fingerprint density at radius 2 is 1.90 bits per heavy atom. The van der Waals surface area contributed by atoms with Crippen LogP contribution in [0.15, 0.2) is 77.5 Å². The minimum atomic E-state index is -0.479. The molecule has 1 aliphatic rings. The van der Waals surface area contributed by atoms with E-state index in [1.807, 2.05) is 30.3 Å². The molecule has 1 amide bonds. The fraction of sp³-hybridized carbons (Fsp3) is 0.233. The minimum Gasteiger partial charge on any atom is -0.492 e. The zero-order valence-electron chi connectivity index (χ0n) is 21.8. The molecule has 0 radical (unpaired) electrons. The third-order valence-corrected chi connectivity index (χ3v) is 7.41. The average molecular weight is 557 g/mol. The Morgan fingerprint density at radius 1 is 1.07 bits per heavy atom. The highest BCUT2D eigenvalue weighted by Gasteiger charge is 2.19. The zero-order chi connectivity index (χ0) is 27.5. The molecule has 0 unspecified atom stereocenters. The van der Waals surface area contributed by atoms with Crippen molar-refractivity contribution in [1.29, 1.82) is 0 Å². The molecule has 3 N–H and O–H groups in total. The van der Waals surface area contributed by atoms with E-state index in [0.29, 0.717) is 34.4 Å². The first-order valence-corrected chi connectivity index (χ1v) is 13.7. The van der Waals surface area contributed by atoms with Crippen molar-refractivity contribution < 1.29 is 13.9 Å². The number of likely N-dealkylation sites (tertiary alicyclic amines) is 1. The summed E-state index contributed by atoms with van der Waals surface area (Å²) in [6.07, 6.45) is 7.11. The largest absolute Gasteiger partial charge is 0.492 e. The predicted molar refractivity (Wildman–Crippen MR) is 155 cm³/mol. The van der Waals surface area contributed by atoms with Gasteiger partial charge in [-0.05, 0) is 80.0 Å². The molecule has 3 aromatic heterocycles. The monoisotopic (exact) mass is 556 g/mol. The number of carbonyl (C=O) groups excluding carboxylic acids is 1. The first-order chi connectivity index (χ1) is 19.5. The molecule has 0 saturated carbocycles. The number of nitrogens with zero attached hydrogens (tertiary/aromatic N) is 4. The van der Waals surface area contributed by atoms with Gasteiger partial charge in [0.05, 0.1) is 22.5 Å². The Morgan fingerprint density at radius 3 is 2.67 bits per heavy atom. The predicted octanol–water partition coefficient (Wildman–Crippen LogP) is 5.92. The number of ether oxygens (including phenoxy) is 1. The number of hydrazine groups is 1. The molecule has 1 aliphatic heterocycles. The summed E-state index contributed by atoms with van der Waals surface area (Å²) in [5.41, 5.74) is 4.30. The lowest BCUT2D eigenvalue weighted by Gasteiger charge is -2.26. The smallest absolute Gasteiger partial charge is 0.308 e. The lowest BCUT2D eigenvalue weighted by Crippen LogP contribution is -2.37. The Kier molecular flexibility index (Phi) is 7.50. The summed E-state index contributed by atoms with van der Waals surface area (Å²) in [6.45, 7) is 3.98. The van der Waals surface area contributed by atoms with Crippen LogP contribution in [0.5, 0.6) is 5.75 Å². The number of aromatic amines is 1. The number of aromatic nitrogens is 3. The van der Waals surface area contributed by atoms with Crippen molar-refractivity contribution in [2.45, 2.75) is 19.3 Å². The average Bonchev–Trinajstić information content (AvgIpc) is 3.68. The van der Waals surface area contributed by atoms with Gasteiger partial charge in [0.1, 0.15) is 18.2 Å². The Hall–Kier alpha value is -4.18. The number of carbonyl (C=O) groups is 1. The molecule has 204 valence electrons. The van der Waals surface area contributed by atoms with E-state index in [-0.39, 0.29) is 5.76 Å². The van der Waals surface area contributed by atoms with Crippen LogP contribution in [0.2, 0.25) is 5.02 Å². The number of imidazole rings is 1. The fourth-order valence-corrected chi connectivity index (χ4v) is 5.09. The maximum Gasteiger partial charge on any atom is 0.308 e. The van der Waals surface area contributed by atoms with Crippen molar-refractivity contribution in [1.82, 2.24) is 19.9 Å². The SMILES string of the molecule is NN(C(=O)c1ccco1)c1ccc(Cl)c(-c2nc3ncc(-c4ccc(OCCN5CCCCC5)cc4)cc3[nH]2)c1. The number of hydrogen-bond donors (Lipinski definition) is 2. The third-order valence-electron chi connectivity index (χ3n) is 7.08. The number of nitrogens with two attached hydrogens (primary N) is 1. The topological polar surface area (TPSA) is 114 Å². The van der Waals surface area contributed by atoms with Gasteiger partial charge in [-0.2, -0.15) is 0 Å². The van der Waals surface area contributed by atoms with Gasteiger partial charge >= 0.3 is 5.91 Å². The molecule has 0 aliphatic carbocycles. The number of pyridine rings is 1. The minimum absolute atomic E-state index is 0.136. The molecule has 0 spiro atoms. The molecule has 2 aromatic carbocycles. The third kappa shape index (κ3) is 5.58. The maximum atomic E-state index is 12.6. The van der Waals surface area contributed by atoms with E-state index in [1.165, 1.54) is 38.6 Å². The van der Waals surface area contributed by atoms with Crippen LogP contribution in [-0.2, 0) is 0 Å². The molecule has 4 heterocycles. The molecule has 6 rings (SSSR count). The van der Waals surface area contributed by atoms with Gasteiger partial charge in [0.25, 0.3) is 0 Å². The number of piperidine rings is 1. The molecular weight excluding hydrogens is 528 g/mol. The maximum absolute atomic E-state index is 12.6. The second-order valence-corrected chi connectivity index (χ2v) is 10.2. The van der Waals surface area contributed by atoms with E-state index in [2.05, 4.69) is 19.9 Å². The highest BCUT2D eigenvalue weighted by atomic mass is 35.5. The van der Waals surface area contributed by atoms with Gasteiger partial charge in [-0.25, -0.2) is 20.8 Å². The highest BCUT2D eigenvalue weighted by molar-refractivity contribution is 6.33. The first-order valence-electron chi connectivity index (χ1n) is 13.3. The van der Waals surface area contributed by atoms with Crippen LogP contribution in [0, 0.1) is 0 Å². The Labute approximate surface area is 236 Å². The van der Waals surface area contributed by atoms with E-state index in [0.717, 1.165) is 33.9 Å². The van der Waals surface area contributed by atoms with Gasteiger partial charge in [0.2, 0.25) is 0 Å². The normalized spacial score (nSPS) is 13.9. The summed E-state index contributed by atoms with van der Waals surface area (Å²) in [6, 6.07) is 18.2. The number of hydrogen-bond acceptors (Lipinski definition) is 7. The molecule has 10 heteroatoms. The molecule has 5 aromatic rings. The van der Waals surface area contributed by atoms with Gasteiger partial charge in [-0.1, -0.05) is 30.2 Å². The second kappa shape index (κ2) is 11.5. The lowest BCUT2D eigenvalue weighted by atomic mass is 10.1. The van der Waals surface area contributed by atoms with Gasteiger partial charge in [-0.3, -0.25) is 9.69 Å². The highest BCUT2D eigenvalue weighted by Crippen LogP contribution is 2.32. The van der Waals surface area contributed by atoms with Gasteiger partial charge < -0.3 is 14.1 Å². The molecular formula is C30H29ClN6O3. The summed E-state index contributed by atoms with van der Waals surface area (Å²) in [7, 11) is 0. The number of amides is 1. The van der Waals surface area contributed by atoms with Crippen molar-refractivity contribution in [2.24, 2.45) is 5.84 Å². The van der Waals surface area contributed by atoms with Gasteiger partial charge in [0.15, 0.2) is 11.4 Å². The second-order valence-electron chi connectivity index (χ2n) is 9.77. The Balaban J connectivity index is 1.18. The van der Waals surface area contributed by atoms with Crippen LogP contribution >= 0.6 is 11.6 Å². The van der Waals surface area contributed by atoms with Crippen molar-refractivity contribution in [3.05, 3.63) is 83.9 Å². The zero-order valence-corrected chi connectivity index (χ0v) is 22.6. The molecule has 0 bridgehead atoms. The lowest BCUT2D eigenvalue weighted by molar-refractivity contribution is 0.0960. The van der Waals surface area contributed by atoms with Crippen molar-refractivity contribution in [3.63, 3.8) is 0 Å². The molecule has 40 heavy (non-hydrogen) atoms. The number of rotatable bonds is 8. The van der Waals surface area contributed by atoms with Crippen LogP contribution < -0.4 is 15.6 Å². The van der Waals surface area contributed by atoms with E-state index in [4.69, 9.17) is 26.6 Å². The van der Waals surface area contributed by atoms with E-state index >= 15 is 0 Å². The first kappa shape index (κ1) is 26.1. The molecule has 1 fully saturated rings. The number of nitrogens with one attached hydrogen (secondary N) is 1. The van der Waals surface area contributed by atoms with Crippen LogP contribution in [0.1, 0.15) is 29.8 Å². The summed E-state index contributed by atoms with van der Waals surface area (Å²) in [5, 5.41) is 1.47. The number of furan rings is 1. The van der Waals surface area contributed by atoms with E-state index < -0.39 is 5.91 Å². The van der Waals surface area contributed by atoms with Crippen LogP contribution in [-0.4, -0.2) is 52.0 Å².